The van der Waals surface area contributed by atoms with Gasteiger partial charge in [0.2, 0.25) is 0 Å². The second-order valence-corrected chi connectivity index (χ2v) is 4.22. The first-order valence-corrected chi connectivity index (χ1v) is 5.74. The zero-order valence-corrected chi connectivity index (χ0v) is 10.3. The standard InChI is InChI=1S/C13H12F3N3O/c14-13(15,16)8-19-6-2-5-11(19)12(20)18-10-4-1-3-9(17)7-10/h1-7H,8,17H2,(H,18,20). The van der Waals surface area contributed by atoms with E-state index in [1.54, 1.807) is 18.2 Å². The third kappa shape index (κ3) is 3.53. The Kier molecular flexibility index (Phi) is 3.69. The van der Waals surface area contributed by atoms with Crippen LogP contribution in [0.5, 0.6) is 0 Å². The molecular weight excluding hydrogens is 271 g/mol. The molecule has 0 atom stereocenters. The predicted octanol–water partition coefficient (Wildman–Crippen LogP) is 2.88. The van der Waals surface area contributed by atoms with E-state index in [0.29, 0.717) is 11.4 Å². The van der Waals surface area contributed by atoms with Gasteiger partial charge in [0.05, 0.1) is 0 Å². The summed E-state index contributed by atoms with van der Waals surface area (Å²) in [6, 6.07) is 9.12. The molecule has 0 saturated carbocycles. The number of nitrogens with one attached hydrogen (secondary N) is 1. The average molecular weight is 283 g/mol. The minimum atomic E-state index is -4.38. The Morgan fingerprint density at radius 2 is 2.00 bits per heavy atom. The van der Waals surface area contributed by atoms with Gasteiger partial charge in [-0.2, -0.15) is 13.2 Å². The molecule has 0 aliphatic carbocycles. The summed E-state index contributed by atoms with van der Waals surface area (Å²) < 4.78 is 38.0. The van der Waals surface area contributed by atoms with Crippen molar-refractivity contribution in [1.82, 2.24) is 4.57 Å². The van der Waals surface area contributed by atoms with E-state index < -0.39 is 18.6 Å². The van der Waals surface area contributed by atoms with Crippen molar-refractivity contribution < 1.29 is 18.0 Å². The minimum Gasteiger partial charge on any atom is -0.399 e. The number of benzene rings is 1. The van der Waals surface area contributed by atoms with Gasteiger partial charge < -0.3 is 15.6 Å². The van der Waals surface area contributed by atoms with Crippen LogP contribution in [0.4, 0.5) is 24.5 Å². The molecule has 0 fully saturated rings. The first-order valence-electron chi connectivity index (χ1n) is 5.74. The number of carbonyl (C=O) groups is 1. The molecule has 106 valence electrons. The number of anilines is 2. The number of alkyl halides is 3. The first-order chi connectivity index (χ1) is 9.35. The number of hydrogen-bond donors (Lipinski definition) is 2. The van der Waals surface area contributed by atoms with Crippen molar-refractivity contribution in [3.63, 3.8) is 0 Å². The van der Waals surface area contributed by atoms with Gasteiger partial charge in [-0.15, -0.1) is 0 Å². The Hall–Kier alpha value is -2.44. The maximum atomic E-state index is 12.4. The highest BCUT2D eigenvalue weighted by Gasteiger charge is 2.29. The number of nitrogen functional groups attached to an aromatic ring is 1. The van der Waals surface area contributed by atoms with Gasteiger partial charge in [-0.1, -0.05) is 6.07 Å². The van der Waals surface area contributed by atoms with Gasteiger partial charge in [-0.3, -0.25) is 4.79 Å². The van der Waals surface area contributed by atoms with E-state index in [2.05, 4.69) is 5.32 Å². The molecule has 0 aliphatic rings. The van der Waals surface area contributed by atoms with E-state index >= 15 is 0 Å². The van der Waals surface area contributed by atoms with Crippen LogP contribution < -0.4 is 11.1 Å². The second-order valence-electron chi connectivity index (χ2n) is 4.22. The van der Waals surface area contributed by atoms with Crippen molar-refractivity contribution in [3.8, 4) is 0 Å². The third-order valence-electron chi connectivity index (χ3n) is 2.56. The zero-order chi connectivity index (χ0) is 14.8. The molecule has 20 heavy (non-hydrogen) atoms. The van der Waals surface area contributed by atoms with Gasteiger partial charge in [0.15, 0.2) is 0 Å². The van der Waals surface area contributed by atoms with Crippen LogP contribution in [0.3, 0.4) is 0 Å². The summed E-state index contributed by atoms with van der Waals surface area (Å²) in [6.07, 6.45) is -3.17. The Morgan fingerprint density at radius 1 is 1.25 bits per heavy atom. The van der Waals surface area contributed by atoms with Crippen molar-refractivity contribution in [2.75, 3.05) is 11.1 Å². The van der Waals surface area contributed by atoms with Crippen molar-refractivity contribution in [3.05, 3.63) is 48.3 Å². The lowest BCUT2D eigenvalue weighted by molar-refractivity contribution is -0.140. The SMILES string of the molecule is Nc1cccc(NC(=O)c2cccn2CC(F)(F)F)c1. The van der Waals surface area contributed by atoms with Gasteiger partial charge in [-0.05, 0) is 30.3 Å². The van der Waals surface area contributed by atoms with Gasteiger partial charge in [0.1, 0.15) is 12.2 Å². The quantitative estimate of drug-likeness (QED) is 0.851. The van der Waals surface area contributed by atoms with Gasteiger partial charge in [-0.25, -0.2) is 0 Å². The summed E-state index contributed by atoms with van der Waals surface area (Å²) in [6.45, 7) is -1.21. The molecular formula is C13H12F3N3O. The maximum Gasteiger partial charge on any atom is 0.406 e. The smallest absolute Gasteiger partial charge is 0.399 e. The molecule has 1 aromatic heterocycles. The van der Waals surface area contributed by atoms with Crippen LogP contribution in [0.2, 0.25) is 0 Å². The summed E-state index contributed by atoms with van der Waals surface area (Å²) in [5.41, 5.74) is 6.37. The molecule has 1 amide bonds. The molecule has 0 radical (unpaired) electrons. The van der Waals surface area contributed by atoms with E-state index in [0.717, 1.165) is 4.57 Å². The molecule has 0 saturated heterocycles. The topological polar surface area (TPSA) is 60.0 Å². The van der Waals surface area contributed by atoms with Gasteiger partial charge in [0, 0.05) is 17.6 Å². The van der Waals surface area contributed by atoms with Crippen LogP contribution in [0.15, 0.2) is 42.6 Å². The van der Waals surface area contributed by atoms with Gasteiger partial charge >= 0.3 is 6.18 Å². The highest BCUT2D eigenvalue weighted by Crippen LogP contribution is 2.20. The minimum absolute atomic E-state index is 0.0650. The van der Waals surface area contributed by atoms with Crippen LogP contribution >= 0.6 is 0 Å². The summed E-state index contributed by atoms with van der Waals surface area (Å²) in [4.78, 5) is 12.0. The number of rotatable bonds is 3. The Bertz CT molecular complexity index is 619. The number of hydrogen-bond acceptors (Lipinski definition) is 2. The summed E-state index contributed by atoms with van der Waals surface area (Å²) >= 11 is 0. The number of nitrogens with two attached hydrogens (primary N) is 1. The van der Waals surface area contributed by atoms with E-state index in [1.807, 2.05) is 0 Å². The fourth-order valence-corrected chi connectivity index (χ4v) is 1.76. The van der Waals surface area contributed by atoms with Crippen molar-refractivity contribution in [2.45, 2.75) is 12.7 Å². The van der Waals surface area contributed by atoms with E-state index in [1.165, 1.54) is 24.4 Å². The fraction of sp³-hybridized carbons (Fsp3) is 0.154. The number of carbonyl (C=O) groups excluding carboxylic acids is 1. The Labute approximate surface area is 113 Å². The molecule has 7 heteroatoms. The fourth-order valence-electron chi connectivity index (χ4n) is 1.76. The van der Waals surface area contributed by atoms with Crippen LogP contribution in [0, 0.1) is 0 Å². The van der Waals surface area contributed by atoms with Crippen LogP contribution in [0.25, 0.3) is 0 Å². The second kappa shape index (κ2) is 5.28. The molecule has 0 unspecified atom stereocenters. The molecule has 0 bridgehead atoms. The van der Waals surface area contributed by atoms with E-state index in [9.17, 15) is 18.0 Å². The molecule has 1 heterocycles. The average Bonchev–Trinajstić information content (AvgIpc) is 2.74. The van der Waals surface area contributed by atoms with Crippen molar-refractivity contribution in [1.29, 1.82) is 0 Å². The van der Waals surface area contributed by atoms with E-state index in [4.69, 9.17) is 5.73 Å². The monoisotopic (exact) mass is 283 g/mol. The Morgan fingerprint density at radius 3 is 2.65 bits per heavy atom. The molecule has 0 spiro atoms. The highest BCUT2D eigenvalue weighted by atomic mass is 19.4. The van der Waals surface area contributed by atoms with Crippen LogP contribution in [-0.4, -0.2) is 16.7 Å². The van der Waals surface area contributed by atoms with Crippen molar-refractivity contribution in [2.24, 2.45) is 0 Å². The lowest BCUT2D eigenvalue weighted by atomic mass is 10.2. The summed E-state index contributed by atoms with van der Waals surface area (Å²) in [5, 5.41) is 2.50. The Balaban J connectivity index is 2.16. The number of amides is 1. The molecule has 1 aromatic carbocycles. The number of nitrogens with zero attached hydrogens (tertiary/aromatic N) is 1. The summed E-state index contributed by atoms with van der Waals surface area (Å²) in [5.74, 6) is -0.621. The van der Waals surface area contributed by atoms with Crippen LogP contribution in [-0.2, 0) is 6.54 Å². The number of aromatic nitrogens is 1. The normalized spacial score (nSPS) is 11.3. The first kappa shape index (κ1) is 14.0. The summed E-state index contributed by atoms with van der Waals surface area (Å²) in [7, 11) is 0. The van der Waals surface area contributed by atoms with Crippen molar-refractivity contribution >= 4 is 17.3 Å². The van der Waals surface area contributed by atoms with E-state index in [-0.39, 0.29) is 5.69 Å². The largest absolute Gasteiger partial charge is 0.406 e. The number of halogens is 3. The lowest BCUT2D eigenvalue weighted by Gasteiger charge is -2.12. The highest BCUT2D eigenvalue weighted by molar-refractivity contribution is 6.03. The molecule has 2 aromatic rings. The molecule has 2 rings (SSSR count). The molecule has 0 aliphatic heterocycles. The molecule has 4 nitrogen and oxygen atoms in total. The third-order valence-corrected chi connectivity index (χ3v) is 2.56. The van der Waals surface area contributed by atoms with Gasteiger partial charge in [0.25, 0.3) is 5.91 Å². The predicted molar refractivity (Wildman–Crippen MR) is 69.3 cm³/mol. The van der Waals surface area contributed by atoms with Crippen LogP contribution in [0.1, 0.15) is 10.5 Å². The maximum absolute atomic E-state index is 12.4. The zero-order valence-electron chi connectivity index (χ0n) is 10.3. The lowest BCUT2D eigenvalue weighted by Crippen LogP contribution is -2.23. The molecule has 3 N–H and O–H groups in total.